The lowest BCUT2D eigenvalue weighted by Gasteiger charge is -2.25. The quantitative estimate of drug-likeness (QED) is 0.291. The number of ether oxygens (including phenoxy) is 2. The highest BCUT2D eigenvalue weighted by Gasteiger charge is 2.20. The van der Waals surface area contributed by atoms with Gasteiger partial charge in [-0.25, -0.2) is 0 Å². The van der Waals surface area contributed by atoms with Gasteiger partial charge in [0, 0.05) is 20.6 Å². The first-order chi connectivity index (χ1) is 10.3. The van der Waals surface area contributed by atoms with Crippen molar-refractivity contribution in [1.29, 1.82) is 0 Å². The molecule has 2 nitrogen and oxygen atoms in total. The van der Waals surface area contributed by atoms with E-state index in [1.54, 1.807) is 14.2 Å². The molecule has 0 spiro atoms. The van der Waals surface area contributed by atoms with Gasteiger partial charge in [-0.2, -0.15) is 0 Å². The van der Waals surface area contributed by atoms with E-state index in [0.29, 0.717) is 0 Å². The third kappa shape index (κ3) is 11.3. The summed E-state index contributed by atoms with van der Waals surface area (Å²) in [7, 11) is 3.42. The van der Waals surface area contributed by atoms with Crippen LogP contribution < -0.4 is 0 Å². The Morgan fingerprint density at radius 1 is 1.00 bits per heavy atom. The topological polar surface area (TPSA) is 18.5 Å². The normalized spacial score (nSPS) is 14.6. The summed E-state index contributed by atoms with van der Waals surface area (Å²) in [5.41, 5.74) is 1.50. The molecule has 0 bridgehead atoms. The van der Waals surface area contributed by atoms with E-state index in [-0.39, 0.29) is 0 Å². The van der Waals surface area contributed by atoms with Crippen LogP contribution in [-0.4, -0.2) is 20.0 Å². The Balaban J connectivity index is 3.79. The van der Waals surface area contributed by atoms with Crippen LogP contribution in [-0.2, 0) is 9.47 Å². The second-order valence-electron chi connectivity index (χ2n) is 7.45. The van der Waals surface area contributed by atoms with Crippen LogP contribution in [0.2, 0.25) is 0 Å². The minimum atomic E-state index is -0.443. The average Bonchev–Trinajstić information content (AvgIpc) is 2.46. The van der Waals surface area contributed by atoms with E-state index in [9.17, 15) is 0 Å². The van der Waals surface area contributed by atoms with Gasteiger partial charge < -0.3 is 9.47 Å². The highest BCUT2D eigenvalue weighted by molar-refractivity contribution is 4.98. The van der Waals surface area contributed by atoms with Crippen molar-refractivity contribution >= 4 is 0 Å². The predicted molar refractivity (Wildman–Crippen MR) is 97.1 cm³/mol. The molecule has 0 saturated heterocycles. The molecule has 0 radical (unpaired) electrons. The highest BCUT2D eigenvalue weighted by Crippen LogP contribution is 2.21. The van der Waals surface area contributed by atoms with Crippen LogP contribution in [0, 0.1) is 11.8 Å². The molecular weight excluding hydrogens is 272 g/mol. The largest absolute Gasteiger partial charge is 0.353 e. The van der Waals surface area contributed by atoms with Gasteiger partial charge in [0.1, 0.15) is 0 Å². The summed E-state index contributed by atoms with van der Waals surface area (Å²) in [6.07, 6.45) is 12.3. The molecule has 0 aromatic heterocycles. The van der Waals surface area contributed by atoms with Crippen LogP contribution in [0.4, 0.5) is 0 Å². The van der Waals surface area contributed by atoms with E-state index < -0.39 is 5.79 Å². The second-order valence-corrected chi connectivity index (χ2v) is 7.45. The first kappa shape index (κ1) is 21.7. The first-order valence-electron chi connectivity index (χ1n) is 9.09. The van der Waals surface area contributed by atoms with E-state index in [4.69, 9.17) is 9.47 Å². The maximum atomic E-state index is 5.38. The van der Waals surface area contributed by atoms with E-state index in [1.807, 2.05) is 6.92 Å². The molecule has 0 aliphatic carbocycles. The van der Waals surface area contributed by atoms with Gasteiger partial charge in [-0.1, -0.05) is 58.1 Å². The van der Waals surface area contributed by atoms with Crippen LogP contribution in [0.25, 0.3) is 0 Å². The number of hydrogen-bond acceptors (Lipinski definition) is 2. The van der Waals surface area contributed by atoms with Gasteiger partial charge in [0.05, 0.1) is 0 Å². The fourth-order valence-electron chi connectivity index (χ4n) is 2.72. The molecule has 0 aromatic carbocycles. The standard InChI is InChI=1S/C20H40O2/c1-17(2)11-8-12-18(3)13-9-14-19(4)15-10-16-20(5,21-6)22-7/h15,17-18H,8-14,16H2,1-7H3/t18-/m1/s1. The van der Waals surface area contributed by atoms with Gasteiger partial charge in [-0.15, -0.1) is 0 Å². The fourth-order valence-corrected chi connectivity index (χ4v) is 2.72. The molecule has 2 heteroatoms. The van der Waals surface area contributed by atoms with Crippen molar-refractivity contribution in [3.8, 4) is 0 Å². The SMILES string of the molecule is COC(C)(CCC=C(C)CCC[C@H](C)CCCC(C)C)OC. The van der Waals surface area contributed by atoms with Gasteiger partial charge in [0.2, 0.25) is 0 Å². The monoisotopic (exact) mass is 312 g/mol. The van der Waals surface area contributed by atoms with Crippen LogP contribution >= 0.6 is 0 Å². The minimum Gasteiger partial charge on any atom is -0.353 e. The van der Waals surface area contributed by atoms with Crippen LogP contribution in [0.15, 0.2) is 11.6 Å². The summed E-state index contributed by atoms with van der Waals surface area (Å²) >= 11 is 0. The third-order valence-electron chi connectivity index (χ3n) is 4.70. The Hall–Kier alpha value is -0.340. The van der Waals surface area contributed by atoms with Crippen LogP contribution in [0.5, 0.6) is 0 Å². The lowest BCUT2D eigenvalue weighted by molar-refractivity contribution is -0.196. The second kappa shape index (κ2) is 12.1. The molecule has 0 aliphatic heterocycles. The van der Waals surface area contributed by atoms with Crippen molar-refractivity contribution in [3.05, 3.63) is 11.6 Å². The predicted octanol–water partition coefficient (Wildman–Crippen LogP) is 6.35. The summed E-state index contributed by atoms with van der Waals surface area (Å²) < 4.78 is 10.8. The summed E-state index contributed by atoms with van der Waals surface area (Å²) in [4.78, 5) is 0. The number of hydrogen-bond donors (Lipinski definition) is 0. The molecule has 0 aromatic rings. The number of methoxy groups -OCH3 is 2. The van der Waals surface area contributed by atoms with Crippen LogP contribution in [0.3, 0.4) is 0 Å². The summed E-state index contributed by atoms with van der Waals surface area (Å²) in [5, 5.41) is 0. The van der Waals surface area contributed by atoms with E-state index in [0.717, 1.165) is 24.7 Å². The Kier molecular flexibility index (Phi) is 11.9. The van der Waals surface area contributed by atoms with Gasteiger partial charge in [0.25, 0.3) is 0 Å². The fraction of sp³-hybridized carbons (Fsp3) is 0.900. The molecule has 132 valence electrons. The summed E-state index contributed by atoms with van der Waals surface area (Å²) in [5.74, 6) is 1.28. The van der Waals surface area contributed by atoms with Gasteiger partial charge in [0.15, 0.2) is 5.79 Å². The Morgan fingerprint density at radius 2 is 1.59 bits per heavy atom. The van der Waals surface area contributed by atoms with Crippen molar-refractivity contribution < 1.29 is 9.47 Å². The van der Waals surface area contributed by atoms with Crippen molar-refractivity contribution in [3.63, 3.8) is 0 Å². The van der Waals surface area contributed by atoms with Gasteiger partial charge in [-0.3, -0.25) is 0 Å². The Bertz CT molecular complexity index is 290. The van der Waals surface area contributed by atoms with Crippen molar-refractivity contribution in [1.82, 2.24) is 0 Å². The summed E-state index contributed by atoms with van der Waals surface area (Å²) in [6, 6.07) is 0. The Labute approximate surface area is 139 Å². The van der Waals surface area contributed by atoms with Crippen LogP contribution in [0.1, 0.15) is 86.0 Å². The van der Waals surface area contributed by atoms with Crippen molar-refractivity contribution in [2.45, 2.75) is 91.8 Å². The zero-order valence-electron chi connectivity index (χ0n) is 16.2. The zero-order chi connectivity index (χ0) is 17.0. The molecule has 0 aliphatic rings. The van der Waals surface area contributed by atoms with E-state index in [2.05, 4.69) is 33.8 Å². The molecule has 0 N–H and O–H groups in total. The minimum absolute atomic E-state index is 0.443. The smallest absolute Gasteiger partial charge is 0.165 e. The zero-order valence-corrected chi connectivity index (χ0v) is 16.2. The molecule has 0 rings (SSSR count). The van der Waals surface area contributed by atoms with Crippen molar-refractivity contribution in [2.75, 3.05) is 14.2 Å². The van der Waals surface area contributed by atoms with E-state index >= 15 is 0 Å². The lowest BCUT2D eigenvalue weighted by Crippen LogP contribution is -2.29. The number of allylic oxidation sites excluding steroid dienone is 2. The molecular formula is C20H40O2. The van der Waals surface area contributed by atoms with E-state index in [1.165, 1.54) is 44.1 Å². The maximum absolute atomic E-state index is 5.38. The molecule has 0 amide bonds. The molecule has 0 heterocycles. The molecule has 0 fully saturated rings. The third-order valence-corrected chi connectivity index (χ3v) is 4.70. The summed E-state index contributed by atoms with van der Waals surface area (Å²) in [6.45, 7) is 11.3. The molecule has 1 atom stereocenters. The van der Waals surface area contributed by atoms with Gasteiger partial charge >= 0.3 is 0 Å². The molecule has 0 unspecified atom stereocenters. The average molecular weight is 313 g/mol. The van der Waals surface area contributed by atoms with Gasteiger partial charge in [-0.05, 0) is 44.9 Å². The lowest BCUT2D eigenvalue weighted by atomic mass is 9.94. The maximum Gasteiger partial charge on any atom is 0.165 e. The van der Waals surface area contributed by atoms with Crippen molar-refractivity contribution in [2.24, 2.45) is 11.8 Å². The molecule has 22 heavy (non-hydrogen) atoms. The highest BCUT2D eigenvalue weighted by atomic mass is 16.7. The molecule has 0 saturated carbocycles. The number of rotatable bonds is 13. The first-order valence-corrected chi connectivity index (χ1v) is 9.09. The Morgan fingerprint density at radius 3 is 2.14 bits per heavy atom.